The van der Waals surface area contributed by atoms with Gasteiger partial charge in [-0.2, -0.15) is 25.5 Å². The molecule has 50 heteroatoms. The molecule has 10 aromatic heterocycles. The van der Waals surface area contributed by atoms with Gasteiger partial charge < -0.3 is 88.5 Å². The Morgan fingerprint density at radius 3 is 1.09 bits per heavy atom. The third-order valence-electron chi connectivity index (χ3n) is 25.6. The summed E-state index contributed by atoms with van der Waals surface area (Å²) in [5.74, 6) is 4.90. The predicted molar refractivity (Wildman–Crippen MR) is 569 cm³/mol. The topological polar surface area (TPSA) is 470 Å². The van der Waals surface area contributed by atoms with E-state index in [0.29, 0.717) is 208 Å². The molecule has 0 radical (unpaired) electrons. The molecule has 0 bridgehead atoms. The van der Waals surface area contributed by atoms with Gasteiger partial charge in [-0.25, -0.2) is 53.3 Å². The van der Waals surface area contributed by atoms with Gasteiger partial charge in [0.2, 0.25) is 35.4 Å². The van der Waals surface area contributed by atoms with Crippen molar-refractivity contribution >= 4 is 194 Å². The number of nitrogens with zero attached hydrogens (tertiary/aromatic N) is 30. The fourth-order valence-electron chi connectivity index (χ4n) is 17.6. The zero-order valence-corrected chi connectivity index (χ0v) is 86.5. The molecular weight excluding hydrogens is 2020 g/mol. The van der Waals surface area contributed by atoms with Crippen LogP contribution in [0.1, 0.15) is 12.6 Å². The van der Waals surface area contributed by atoms with E-state index < -0.39 is 4.92 Å². The second kappa shape index (κ2) is 48.4. The fourth-order valence-corrected chi connectivity index (χ4v) is 18.6. The number of piperazine rings is 5. The number of halogens is 5. The van der Waals surface area contributed by atoms with Crippen molar-refractivity contribution in [3.8, 4) is 34.6 Å². The van der Waals surface area contributed by atoms with Gasteiger partial charge in [-0.05, 0) is 122 Å². The lowest BCUT2D eigenvalue weighted by Crippen LogP contribution is -2.49. The van der Waals surface area contributed by atoms with Crippen LogP contribution < -0.4 is 64.0 Å². The van der Waals surface area contributed by atoms with Crippen molar-refractivity contribution in [3.05, 3.63) is 234 Å². The van der Waals surface area contributed by atoms with Gasteiger partial charge in [-0.15, -0.1) is 0 Å². The molecule has 149 heavy (non-hydrogen) atoms. The normalized spacial score (nSPS) is 14.2. The number of benzene rings is 5. The van der Waals surface area contributed by atoms with Crippen LogP contribution in [0.2, 0.25) is 25.1 Å². The second-order valence-electron chi connectivity index (χ2n) is 34.8. The van der Waals surface area contributed by atoms with E-state index in [9.17, 15) is 34.1 Å². The highest BCUT2D eigenvalue weighted by Crippen LogP contribution is 2.37. The maximum absolute atomic E-state index is 12.9. The van der Waals surface area contributed by atoms with Crippen LogP contribution in [0.5, 0.6) is 34.6 Å². The number of methoxy groups -OCH3 is 6. The molecule has 0 aliphatic carbocycles. The number of hydrogen-bond acceptors (Lipinski definition) is 32. The molecule has 15 aromatic rings. The highest BCUT2D eigenvalue weighted by Gasteiger charge is 2.32. The number of carbonyl (C=O) groups is 5. The summed E-state index contributed by atoms with van der Waals surface area (Å²) in [6, 6.07) is 40.6. The van der Waals surface area contributed by atoms with Crippen LogP contribution in [-0.2, 0) is 56.7 Å². The lowest BCUT2D eigenvalue weighted by atomic mass is 10.2. The van der Waals surface area contributed by atoms with E-state index in [1.807, 2.05) is 130 Å². The molecule has 0 atom stereocenters. The number of fused-ring (bicyclic) bond motifs is 5. The number of nitro groups is 1. The highest BCUT2D eigenvalue weighted by atomic mass is 35.5. The van der Waals surface area contributed by atoms with Gasteiger partial charge in [0.15, 0.2) is 28.2 Å². The molecule has 0 saturated carbocycles. The molecule has 3 N–H and O–H groups in total. The Balaban J connectivity index is 0.000000133. The summed E-state index contributed by atoms with van der Waals surface area (Å²) >= 11 is 30.5. The first-order valence-corrected chi connectivity index (χ1v) is 49.1. The van der Waals surface area contributed by atoms with Crippen LogP contribution in [0.25, 0.3) is 65.6 Å². The second-order valence-corrected chi connectivity index (χ2v) is 36.8. The standard InChI is InChI=1S/C22H25ClN6O2.C20H21ClN6O4.C19H19ClN8O2.C19H21ClN6O3.C19H21ClN6O2/c1-15(2)25-20-7-4-16-13-24-29(22(16)26-20)14-21(30)28-10-8-27(9-11-28)17-5-6-18(23)19(12-17)31-3;1-13-16-9-15(27(29)30)11-22-20(16)26(23-13)12-19(28)25-7-5-24(6-8-25)14-3-4-17(21)18(10-14)31-2;1-30-16-10-14(3-4-15(16)20)26-6-8-27(9-7-26)18(29)12-28-19-13(11-22-28)2-5-17(23-19)24-25-21;1-28-16-9-13(3-4-15(16)20)24-5-7-25(8-6-24)17(27)11-26-18-14(10-23-26)19(29-2)22-12-21-18;1-28-16-10-14(3-4-15(16)20)24-6-8-25(9-7-24)18(27)12-26-19-13(11-22-26)2-5-17(21)23-19/h4-7,12-13H,1,8-11,14H2,2-3H3,(H,25,26);3-4,9-11H,5-8,12H2,1-2H3;2-5,10-11H,6-9,12H2,1H3;3-4,9-10,12H,5-8,11H2,1-2H3;2-5,10-11H,6-9,12H2,1H3,(H2,21,23). The first kappa shape index (κ1) is 106. The van der Waals surface area contributed by atoms with Gasteiger partial charge in [-0.1, -0.05) is 64.6 Å². The van der Waals surface area contributed by atoms with Crippen LogP contribution in [0, 0.1) is 17.0 Å². The minimum atomic E-state index is -0.496. The molecule has 5 saturated heterocycles. The van der Waals surface area contributed by atoms with E-state index in [4.69, 9.17) is 97.7 Å². The molecule has 5 aromatic carbocycles. The van der Waals surface area contributed by atoms with Crippen molar-refractivity contribution in [1.82, 2.24) is 103 Å². The quantitative estimate of drug-likeness (QED) is 0.0176. The van der Waals surface area contributed by atoms with Gasteiger partial charge >= 0.3 is 0 Å². The van der Waals surface area contributed by atoms with Crippen LogP contribution in [0.3, 0.4) is 0 Å². The molecule has 5 aliphatic rings. The fraction of sp³-hybridized carbons (Fsp3) is 0.333. The number of pyridine rings is 4. The number of amides is 5. The summed E-state index contributed by atoms with van der Waals surface area (Å²) in [6.45, 7) is 21.3. The number of hydrogen-bond donors (Lipinski definition) is 2. The third-order valence-corrected chi connectivity index (χ3v) is 27.2. The summed E-state index contributed by atoms with van der Waals surface area (Å²) in [7, 11) is 9.51. The van der Waals surface area contributed by atoms with E-state index in [1.165, 1.54) is 28.0 Å². The number of nitrogens with one attached hydrogen (secondary N) is 1. The molecule has 15 heterocycles. The van der Waals surface area contributed by atoms with Gasteiger partial charge in [-0.3, -0.25) is 34.1 Å². The van der Waals surface area contributed by atoms with E-state index in [1.54, 1.807) is 118 Å². The van der Waals surface area contributed by atoms with Crippen molar-refractivity contribution in [2.45, 2.75) is 46.6 Å². The first-order valence-electron chi connectivity index (χ1n) is 47.3. The van der Waals surface area contributed by atoms with E-state index >= 15 is 0 Å². The number of rotatable bonds is 25. The maximum atomic E-state index is 12.9. The number of anilines is 7. The molecular formula is C99H107Cl5N32O13. The molecule has 776 valence electrons. The Labute approximate surface area is 879 Å². The van der Waals surface area contributed by atoms with E-state index in [-0.39, 0.29) is 73.8 Å². The van der Waals surface area contributed by atoms with Crippen molar-refractivity contribution in [2.75, 3.05) is 209 Å². The van der Waals surface area contributed by atoms with Crippen LogP contribution in [0.4, 0.5) is 51.6 Å². The van der Waals surface area contributed by atoms with Crippen LogP contribution in [0.15, 0.2) is 188 Å². The summed E-state index contributed by atoms with van der Waals surface area (Å²) in [4.78, 5) is 123. The minimum absolute atomic E-state index is 0.000848. The number of nitrogens with two attached hydrogens (primary N) is 1. The van der Waals surface area contributed by atoms with E-state index in [0.717, 1.165) is 89.6 Å². The Kier molecular flexibility index (Phi) is 34.3. The SMILES string of the molecule is C=C(C)Nc1ccc2cnn(CC(=O)N3CCN(c4ccc(Cl)c(OC)c4)CC3)c2n1.COc1cc(N2CCN(C(=O)Cn3nc(C)c4cc([N+](=O)[O-])cnc43)CC2)ccc1Cl.COc1cc(N2CCN(C(=O)Cn3ncc4c(OC)ncnc43)CC2)ccc1Cl.COc1cc(N2CCN(C(=O)Cn3ncc4ccc(N)nc43)CC2)ccc1Cl.COc1cc(N2CCN(C(=O)Cn3ncc4ccc(N=[N+]=[N-])nc43)CC2)ccc1Cl. The molecule has 20 rings (SSSR count). The number of ether oxygens (including phenoxy) is 6. The molecule has 5 aliphatic heterocycles. The van der Waals surface area contributed by atoms with Gasteiger partial charge in [0, 0.05) is 228 Å². The molecule has 0 unspecified atom stereocenters. The lowest BCUT2D eigenvalue weighted by molar-refractivity contribution is -0.385. The monoisotopic (exact) mass is 2130 g/mol. The van der Waals surface area contributed by atoms with E-state index in [2.05, 4.69) is 102 Å². The average molecular weight is 2130 g/mol. The summed E-state index contributed by atoms with van der Waals surface area (Å²) in [5.41, 5.74) is 23.6. The first-order chi connectivity index (χ1) is 72.0. The highest BCUT2D eigenvalue weighted by molar-refractivity contribution is 6.33. The average Bonchev–Trinajstić information content (AvgIpc) is 1.63. The summed E-state index contributed by atoms with van der Waals surface area (Å²) in [6.07, 6.45) is 9.27. The Hall–Kier alpha value is -16.2. The van der Waals surface area contributed by atoms with Gasteiger partial charge in [0.25, 0.3) is 5.69 Å². The van der Waals surface area contributed by atoms with Crippen molar-refractivity contribution in [3.63, 3.8) is 0 Å². The van der Waals surface area contributed by atoms with Crippen molar-refractivity contribution in [1.29, 1.82) is 0 Å². The predicted octanol–water partition coefficient (Wildman–Crippen LogP) is 13.3. The molecule has 45 nitrogen and oxygen atoms in total. The van der Waals surface area contributed by atoms with Crippen LogP contribution in [-0.4, -0.2) is 311 Å². The Morgan fingerprint density at radius 1 is 0.409 bits per heavy atom. The number of allylic oxidation sites excluding steroid dienone is 1. The van der Waals surface area contributed by atoms with Crippen molar-refractivity contribution < 1.29 is 57.3 Å². The molecule has 5 amide bonds. The molecule has 5 fully saturated rings. The Bertz CT molecular complexity index is 7470. The van der Waals surface area contributed by atoms with Crippen LogP contribution >= 0.6 is 58.0 Å². The minimum Gasteiger partial charge on any atom is -0.495 e. The largest absolute Gasteiger partial charge is 0.495 e. The van der Waals surface area contributed by atoms with Gasteiger partial charge in [0.05, 0.1) is 103 Å². The zero-order chi connectivity index (χ0) is 105. The maximum Gasteiger partial charge on any atom is 0.288 e. The number of nitrogen functional groups attached to an aromatic ring is 1. The number of carbonyl (C=O) groups excluding carboxylic acids is 5. The summed E-state index contributed by atoms with van der Waals surface area (Å²) in [5, 5.41) is 45.8. The van der Waals surface area contributed by atoms with Crippen molar-refractivity contribution in [2.24, 2.45) is 5.11 Å². The molecule has 0 spiro atoms. The number of azide groups is 1. The van der Waals surface area contributed by atoms with Gasteiger partial charge in [0.1, 0.15) is 96.8 Å². The zero-order valence-electron chi connectivity index (χ0n) is 82.7. The number of aromatic nitrogens is 16. The smallest absolute Gasteiger partial charge is 0.288 e. The summed E-state index contributed by atoms with van der Waals surface area (Å²) < 4.78 is 39.6. The lowest BCUT2D eigenvalue weighted by Gasteiger charge is -2.36. The third kappa shape index (κ3) is 25.4. The Morgan fingerprint density at radius 2 is 0.738 bits per heavy atom. The number of aryl methyl sites for hydroxylation is 1.